The van der Waals surface area contributed by atoms with Gasteiger partial charge in [0, 0.05) is 12.2 Å². The van der Waals surface area contributed by atoms with Crippen molar-refractivity contribution in [2.75, 3.05) is 6.54 Å². The van der Waals surface area contributed by atoms with Crippen LogP contribution in [0.5, 0.6) is 0 Å². The number of nitrogens with zero attached hydrogens (tertiary/aromatic N) is 2. The standard InChI is InChI=1S/C12H21N3/c1-12(2,3)15-11(7-9-14-15)10-6-4-5-8-13-10/h7,9-10,13H,4-6,8H2,1-3H3/t10-/m1/s1. The Labute approximate surface area is 91.9 Å². The lowest BCUT2D eigenvalue weighted by Crippen LogP contribution is -2.33. The van der Waals surface area contributed by atoms with E-state index in [0.29, 0.717) is 6.04 Å². The van der Waals surface area contributed by atoms with E-state index < -0.39 is 0 Å². The van der Waals surface area contributed by atoms with Gasteiger partial charge in [-0.25, -0.2) is 0 Å². The van der Waals surface area contributed by atoms with E-state index in [0.717, 1.165) is 6.54 Å². The molecular formula is C12H21N3. The summed E-state index contributed by atoms with van der Waals surface area (Å²) in [6, 6.07) is 2.65. The maximum atomic E-state index is 4.44. The predicted molar refractivity (Wildman–Crippen MR) is 61.8 cm³/mol. The summed E-state index contributed by atoms with van der Waals surface area (Å²) >= 11 is 0. The van der Waals surface area contributed by atoms with Crippen molar-refractivity contribution < 1.29 is 0 Å². The van der Waals surface area contributed by atoms with Gasteiger partial charge in [-0.15, -0.1) is 0 Å². The lowest BCUT2D eigenvalue weighted by Gasteiger charge is -2.29. The summed E-state index contributed by atoms with van der Waals surface area (Å²) in [7, 11) is 0. The Hall–Kier alpha value is -0.830. The van der Waals surface area contributed by atoms with Gasteiger partial charge < -0.3 is 5.32 Å². The largest absolute Gasteiger partial charge is 0.309 e. The maximum absolute atomic E-state index is 4.44. The van der Waals surface area contributed by atoms with Gasteiger partial charge in [0.15, 0.2) is 0 Å². The third-order valence-corrected chi connectivity index (χ3v) is 2.97. The van der Waals surface area contributed by atoms with Crippen molar-refractivity contribution in [1.82, 2.24) is 15.1 Å². The molecule has 1 aliphatic heterocycles. The smallest absolute Gasteiger partial charge is 0.0559 e. The van der Waals surface area contributed by atoms with Gasteiger partial charge in [-0.05, 0) is 46.2 Å². The highest BCUT2D eigenvalue weighted by atomic mass is 15.3. The zero-order valence-corrected chi connectivity index (χ0v) is 9.95. The molecule has 2 heterocycles. The molecule has 1 fully saturated rings. The van der Waals surface area contributed by atoms with Gasteiger partial charge in [0.2, 0.25) is 0 Å². The van der Waals surface area contributed by atoms with Gasteiger partial charge >= 0.3 is 0 Å². The van der Waals surface area contributed by atoms with Crippen LogP contribution >= 0.6 is 0 Å². The van der Waals surface area contributed by atoms with E-state index in [-0.39, 0.29) is 5.54 Å². The predicted octanol–water partition coefficient (Wildman–Crippen LogP) is 2.45. The first-order valence-electron chi connectivity index (χ1n) is 5.87. The quantitative estimate of drug-likeness (QED) is 0.766. The minimum Gasteiger partial charge on any atom is -0.309 e. The number of nitrogens with one attached hydrogen (secondary N) is 1. The first kappa shape index (κ1) is 10.7. The Morgan fingerprint density at radius 3 is 2.80 bits per heavy atom. The molecule has 84 valence electrons. The second kappa shape index (κ2) is 3.97. The van der Waals surface area contributed by atoms with Crippen LogP contribution in [-0.2, 0) is 5.54 Å². The molecule has 1 aromatic heterocycles. The molecular weight excluding hydrogens is 186 g/mol. The van der Waals surface area contributed by atoms with Crippen LogP contribution in [0.2, 0.25) is 0 Å². The number of hydrogen-bond donors (Lipinski definition) is 1. The third-order valence-electron chi connectivity index (χ3n) is 2.97. The minimum absolute atomic E-state index is 0.0813. The fourth-order valence-electron chi connectivity index (χ4n) is 2.24. The number of aromatic nitrogens is 2. The Morgan fingerprint density at radius 2 is 2.20 bits per heavy atom. The van der Waals surface area contributed by atoms with Gasteiger partial charge in [-0.1, -0.05) is 6.42 Å². The topological polar surface area (TPSA) is 29.9 Å². The summed E-state index contributed by atoms with van der Waals surface area (Å²) in [5, 5.41) is 8.01. The van der Waals surface area contributed by atoms with Crippen LogP contribution in [0.1, 0.15) is 51.8 Å². The van der Waals surface area contributed by atoms with Crippen LogP contribution in [0.3, 0.4) is 0 Å². The van der Waals surface area contributed by atoms with Crippen LogP contribution in [0.4, 0.5) is 0 Å². The Morgan fingerprint density at radius 1 is 1.40 bits per heavy atom. The molecule has 0 saturated carbocycles. The van der Waals surface area contributed by atoms with Crippen LogP contribution in [-0.4, -0.2) is 16.3 Å². The second-order valence-corrected chi connectivity index (χ2v) is 5.34. The third kappa shape index (κ3) is 2.23. The number of piperidine rings is 1. The van der Waals surface area contributed by atoms with Gasteiger partial charge in [0.05, 0.1) is 11.2 Å². The molecule has 1 atom stereocenters. The van der Waals surface area contributed by atoms with Crippen LogP contribution in [0.25, 0.3) is 0 Å². The molecule has 1 aliphatic rings. The molecule has 1 N–H and O–H groups in total. The molecule has 1 saturated heterocycles. The van der Waals surface area contributed by atoms with E-state index in [1.807, 2.05) is 6.20 Å². The highest BCUT2D eigenvalue weighted by molar-refractivity contribution is 5.09. The lowest BCUT2D eigenvalue weighted by molar-refractivity contribution is 0.310. The van der Waals surface area contributed by atoms with E-state index in [2.05, 4.69) is 41.9 Å². The lowest BCUT2D eigenvalue weighted by atomic mass is 10.0. The second-order valence-electron chi connectivity index (χ2n) is 5.34. The van der Waals surface area contributed by atoms with Crippen molar-refractivity contribution in [2.45, 2.75) is 51.6 Å². The molecule has 0 spiro atoms. The first-order valence-corrected chi connectivity index (χ1v) is 5.87. The average molecular weight is 207 g/mol. The zero-order valence-electron chi connectivity index (χ0n) is 9.95. The van der Waals surface area contributed by atoms with Gasteiger partial charge in [0.1, 0.15) is 0 Å². The molecule has 3 nitrogen and oxygen atoms in total. The van der Waals surface area contributed by atoms with E-state index in [9.17, 15) is 0 Å². The fourth-order valence-corrected chi connectivity index (χ4v) is 2.24. The Kier molecular flexibility index (Phi) is 2.83. The zero-order chi connectivity index (χ0) is 10.9. The van der Waals surface area contributed by atoms with Crippen LogP contribution < -0.4 is 5.32 Å². The summed E-state index contributed by atoms with van der Waals surface area (Å²) in [5.41, 5.74) is 1.42. The van der Waals surface area contributed by atoms with Gasteiger partial charge in [-0.3, -0.25) is 4.68 Å². The normalized spacial score (nSPS) is 23.0. The van der Waals surface area contributed by atoms with Gasteiger partial charge in [0.25, 0.3) is 0 Å². The van der Waals surface area contributed by atoms with Gasteiger partial charge in [-0.2, -0.15) is 5.10 Å². The maximum Gasteiger partial charge on any atom is 0.0559 e. The molecule has 0 aromatic carbocycles. The molecule has 0 amide bonds. The minimum atomic E-state index is 0.0813. The van der Waals surface area contributed by atoms with E-state index in [1.54, 1.807) is 0 Å². The molecule has 0 aliphatic carbocycles. The Bertz CT molecular complexity index is 316. The molecule has 15 heavy (non-hydrogen) atoms. The SMILES string of the molecule is CC(C)(C)n1nccc1[C@H]1CCCCN1. The summed E-state index contributed by atoms with van der Waals surface area (Å²) < 4.78 is 2.15. The molecule has 2 rings (SSSR count). The molecule has 0 unspecified atom stereocenters. The van der Waals surface area contributed by atoms with Crippen molar-refractivity contribution >= 4 is 0 Å². The van der Waals surface area contributed by atoms with Crippen molar-refractivity contribution in [3.05, 3.63) is 18.0 Å². The van der Waals surface area contributed by atoms with Crippen molar-refractivity contribution in [2.24, 2.45) is 0 Å². The molecule has 0 radical (unpaired) electrons. The first-order chi connectivity index (χ1) is 7.09. The van der Waals surface area contributed by atoms with Crippen molar-refractivity contribution in [1.29, 1.82) is 0 Å². The number of hydrogen-bond acceptors (Lipinski definition) is 2. The Balaban J connectivity index is 2.24. The highest BCUT2D eigenvalue weighted by Crippen LogP contribution is 2.26. The van der Waals surface area contributed by atoms with Crippen molar-refractivity contribution in [3.8, 4) is 0 Å². The van der Waals surface area contributed by atoms with Crippen LogP contribution in [0, 0.1) is 0 Å². The monoisotopic (exact) mass is 207 g/mol. The van der Waals surface area contributed by atoms with Crippen molar-refractivity contribution in [3.63, 3.8) is 0 Å². The summed E-state index contributed by atoms with van der Waals surface area (Å²) in [4.78, 5) is 0. The summed E-state index contributed by atoms with van der Waals surface area (Å²) in [6.07, 6.45) is 5.78. The molecule has 0 bridgehead atoms. The van der Waals surface area contributed by atoms with E-state index in [1.165, 1.54) is 25.0 Å². The molecule has 1 aromatic rings. The van der Waals surface area contributed by atoms with E-state index in [4.69, 9.17) is 0 Å². The average Bonchev–Trinajstić information content (AvgIpc) is 2.67. The fraction of sp³-hybridized carbons (Fsp3) is 0.750. The summed E-state index contributed by atoms with van der Waals surface area (Å²) in [6.45, 7) is 7.74. The van der Waals surface area contributed by atoms with Crippen LogP contribution in [0.15, 0.2) is 12.3 Å². The molecule has 3 heteroatoms. The van der Waals surface area contributed by atoms with E-state index >= 15 is 0 Å². The number of rotatable bonds is 1. The summed E-state index contributed by atoms with van der Waals surface area (Å²) in [5.74, 6) is 0. The highest BCUT2D eigenvalue weighted by Gasteiger charge is 2.23.